The summed E-state index contributed by atoms with van der Waals surface area (Å²) in [6, 6.07) is 61.9. The number of hydrogen-bond acceptors (Lipinski definition) is 0. The normalized spacial score (nSPS) is 10.2. The minimum absolute atomic E-state index is 0. The van der Waals surface area contributed by atoms with E-state index in [0.717, 1.165) is 18.3 Å². The predicted molar refractivity (Wildman–Crippen MR) is 450 cm³/mol. The van der Waals surface area contributed by atoms with Gasteiger partial charge in [0.1, 0.15) is 0 Å². The fourth-order valence-electron chi connectivity index (χ4n) is 7.84. The van der Waals surface area contributed by atoms with Gasteiger partial charge in [-0.15, -0.1) is 0 Å². The number of fused-ring (bicyclic) bond motifs is 2. The number of hydrogen-bond donors (Lipinski definition) is 0. The molecule has 7 aromatic rings. The molecule has 94 heavy (non-hydrogen) atoms. The maximum absolute atomic E-state index is 2.28. The summed E-state index contributed by atoms with van der Waals surface area (Å²) >= 11 is 0. The molecule has 0 aromatic heterocycles. The van der Waals surface area contributed by atoms with E-state index in [1.165, 1.54) is 68.6 Å². The summed E-state index contributed by atoms with van der Waals surface area (Å²) in [5, 5.41) is 5.44. The average molecular weight is 1300 g/mol. The van der Waals surface area contributed by atoms with Crippen LogP contribution in [0.25, 0.3) is 21.5 Å². The fraction of sp³-hybridized carbons (Fsp3) is 0.596. The SMILES string of the molecule is C.CC.CC.CC.CC.CC.CC(C)(C)C.CC(C)(C)Cc1ccccc1.CC(C)(C)c1cccc2ccccc12.CC(C)(C)c1ccccc1.CC(C)C.CC(C)CC(C)(C)C.CC(C)c1cccc2ccccc12.CC(C)c1ccccc1.CCC.CCC(C)(C)C. The van der Waals surface area contributed by atoms with Gasteiger partial charge in [-0.25, -0.2) is 0 Å². The minimum atomic E-state index is 0. The fourth-order valence-corrected chi connectivity index (χ4v) is 7.84. The lowest BCUT2D eigenvalue weighted by Crippen LogP contribution is -2.11. The van der Waals surface area contributed by atoms with Crippen LogP contribution in [0.4, 0.5) is 0 Å². The van der Waals surface area contributed by atoms with E-state index >= 15 is 0 Å². The number of rotatable bonds is 4. The topological polar surface area (TPSA) is 0 Å². The molecule has 0 aliphatic rings. The average Bonchev–Trinajstić information content (AvgIpc) is 0.824. The molecule has 0 aliphatic carbocycles. The van der Waals surface area contributed by atoms with Crippen molar-refractivity contribution in [2.24, 2.45) is 33.5 Å². The lowest BCUT2D eigenvalue weighted by molar-refractivity contribution is 0.320. The van der Waals surface area contributed by atoms with Crippen LogP contribution >= 0.6 is 0 Å². The predicted octanol–water partition coefficient (Wildman–Crippen LogP) is 33.6. The van der Waals surface area contributed by atoms with Gasteiger partial charge in [0, 0.05) is 0 Å². The van der Waals surface area contributed by atoms with Gasteiger partial charge in [-0.1, -0.05) is 480 Å². The van der Waals surface area contributed by atoms with E-state index in [4.69, 9.17) is 0 Å². The maximum Gasteiger partial charge on any atom is -0.0126 e. The van der Waals surface area contributed by atoms with E-state index in [2.05, 4.69) is 384 Å². The Bertz CT molecular complexity index is 2560. The molecule has 0 nitrogen and oxygen atoms in total. The van der Waals surface area contributed by atoms with Gasteiger partial charge in [0.15, 0.2) is 0 Å². The summed E-state index contributed by atoms with van der Waals surface area (Å²) in [5.74, 6) is 2.94. The first-order chi connectivity index (χ1) is 43.0. The molecule has 0 N–H and O–H groups in total. The van der Waals surface area contributed by atoms with Crippen LogP contribution < -0.4 is 0 Å². The zero-order chi connectivity index (χ0) is 74.8. The van der Waals surface area contributed by atoms with Crippen LogP contribution in [0.1, 0.15) is 350 Å². The molecule has 0 saturated heterocycles. The van der Waals surface area contributed by atoms with Crippen molar-refractivity contribution in [1.82, 2.24) is 0 Å². The third-order valence-corrected chi connectivity index (χ3v) is 11.8. The first kappa shape index (κ1) is 108. The molecule has 7 rings (SSSR count). The molecular weight excluding hydrogens is 1130 g/mol. The molecule has 0 atom stereocenters. The van der Waals surface area contributed by atoms with Crippen molar-refractivity contribution in [2.75, 3.05) is 0 Å². The summed E-state index contributed by atoms with van der Waals surface area (Å²) in [4.78, 5) is 0. The molecule has 0 heteroatoms. The minimum Gasteiger partial charge on any atom is -0.0776 e. The lowest BCUT2D eigenvalue weighted by atomic mass is 9.84. The Kier molecular flexibility index (Phi) is 72.0. The van der Waals surface area contributed by atoms with Crippen molar-refractivity contribution in [1.29, 1.82) is 0 Å². The van der Waals surface area contributed by atoms with E-state index in [9.17, 15) is 0 Å². The lowest BCUT2D eigenvalue weighted by Gasteiger charge is -2.21. The van der Waals surface area contributed by atoms with Crippen LogP contribution in [-0.2, 0) is 17.3 Å². The van der Waals surface area contributed by atoms with Crippen molar-refractivity contribution < 1.29 is 0 Å². The zero-order valence-electron chi connectivity index (χ0n) is 70.4. The molecule has 0 unspecified atom stereocenters. The van der Waals surface area contributed by atoms with Gasteiger partial charge in [-0.05, 0) is 118 Å². The molecule has 0 radical (unpaired) electrons. The van der Waals surface area contributed by atoms with Crippen LogP contribution in [0.2, 0.25) is 0 Å². The largest absolute Gasteiger partial charge is 0.0776 e. The molecular formula is C94H168. The van der Waals surface area contributed by atoms with Gasteiger partial charge in [0.25, 0.3) is 0 Å². The Morgan fingerprint density at radius 2 is 0.617 bits per heavy atom. The monoisotopic (exact) mass is 1300 g/mol. The Labute approximate surface area is 595 Å². The van der Waals surface area contributed by atoms with Gasteiger partial charge in [0.2, 0.25) is 0 Å². The molecule has 0 fully saturated rings. The summed E-state index contributed by atoms with van der Waals surface area (Å²) in [7, 11) is 0. The highest BCUT2D eigenvalue weighted by Crippen LogP contribution is 2.30. The summed E-state index contributed by atoms with van der Waals surface area (Å²) in [6.07, 6.45) is 5.01. The van der Waals surface area contributed by atoms with Crippen LogP contribution in [0.5, 0.6) is 0 Å². The molecule has 0 amide bonds. The Morgan fingerprint density at radius 3 is 0.883 bits per heavy atom. The van der Waals surface area contributed by atoms with Crippen molar-refractivity contribution in [3.63, 3.8) is 0 Å². The third-order valence-electron chi connectivity index (χ3n) is 11.8. The van der Waals surface area contributed by atoms with Crippen molar-refractivity contribution >= 4 is 21.5 Å². The third kappa shape index (κ3) is 72.9. The van der Waals surface area contributed by atoms with Crippen LogP contribution in [0, 0.1) is 33.5 Å². The molecule has 0 heterocycles. The molecule has 0 bridgehead atoms. The van der Waals surface area contributed by atoms with E-state index in [-0.39, 0.29) is 12.8 Å². The molecule has 544 valence electrons. The van der Waals surface area contributed by atoms with Gasteiger partial charge in [-0.3, -0.25) is 0 Å². The second kappa shape index (κ2) is 62.8. The first-order valence-corrected chi connectivity index (χ1v) is 37.1. The molecule has 0 spiro atoms. The summed E-state index contributed by atoms with van der Waals surface area (Å²) < 4.78 is 0. The summed E-state index contributed by atoms with van der Waals surface area (Å²) in [6.45, 7) is 89.0. The van der Waals surface area contributed by atoms with Crippen molar-refractivity contribution in [2.45, 2.75) is 340 Å². The standard InChI is InChI=1S/C14H16.C13H14.C11H16.C10H14.C9H12.C8H18.C6H14.C5H12.C4H10.C3H8.5C2H6.CH4/c1-14(2,3)13-10-6-8-11-7-4-5-9-12(11)13;1-10(2)12-9-5-7-11-6-3-4-8-13(11)12;1-11(2,3)9-10-7-5-4-6-8-10;1-10(2,3)9-7-5-4-6-8-9;1-8(2)9-6-4-3-5-7-9;1-7(2)6-8(3,4)5;1-5-6(2,3)4;1-5(2,3)4;1-4(2)3;1-3-2;5*1-2;/h4-10H,1-3H3;3-10H,1-2H3;4-8H,9H2,1-3H3;4-8H,1-3H3;3-8H,1-2H3;7H,6H2,1-5H3;5H2,1-4H3;1-4H3;4H,1-3H3;3H2,1-2H3;5*1-2H3;1H4. The highest BCUT2D eigenvalue weighted by molar-refractivity contribution is 5.87. The second-order valence-electron chi connectivity index (χ2n) is 31.4. The van der Waals surface area contributed by atoms with E-state index in [1.807, 2.05) is 75.3 Å². The van der Waals surface area contributed by atoms with Gasteiger partial charge < -0.3 is 0 Å². The Hall–Kier alpha value is -4.94. The smallest absolute Gasteiger partial charge is 0.0126 e. The van der Waals surface area contributed by atoms with Gasteiger partial charge in [0.05, 0.1) is 0 Å². The maximum atomic E-state index is 2.28. The zero-order valence-corrected chi connectivity index (χ0v) is 70.4. The number of benzene rings is 7. The summed E-state index contributed by atoms with van der Waals surface area (Å²) in [5.41, 5.74) is 9.60. The van der Waals surface area contributed by atoms with E-state index in [0.29, 0.717) is 38.9 Å². The van der Waals surface area contributed by atoms with E-state index in [1.54, 1.807) is 0 Å². The van der Waals surface area contributed by atoms with Crippen LogP contribution in [-0.4, -0.2) is 0 Å². The Balaban J connectivity index is -0.000000123. The van der Waals surface area contributed by atoms with Crippen LogP contribution in [0.3, 0.4) is 0 Å². The Morgan fingerprint density at radius 1 is 0.319 bits per heavy atom. The molecule has 7 aromatic carbocycles. The highest BCUT2D eigenvalue weighted by Gasteiger charge is 2.16. The van der Waals surface area contributed by atoms with Gasteiger partial charge >= 0.3 is 0 Å². The molecule has 0 aliphatic heterocycles. The first-order valence-electron chi connectivity index (χ1n) is 37.1. The second-order valence-corrected chi connectivity index (χ2v) is 31.4. The van der Waals surface area contributed by atoms with Crippen LogP contribution in [0.15, 0.2) is 176 Å². The van der Waals surface area contributed by atoms with E-state index < -0.39 is 0 Å². The quantitative estimate of drug-likeness (QED) is 0.165. The van der Waals surface area contributed by atoms with Crippen molar-refractivity contribution in [3.05, 3.63) is 204 Å². The van der Waals surface area contributed by atoms with Gasteiger partial charge in [-0.2, -0.15) is 0 Å². The highest BCUT2D eigenvalue weighted by atomic mass is 14.2. The van der Waals surface area contributed by atoms with Crippen molar-refractivity contribution in [3.8, 4) is 0 Å². The molecule has 0 saturated carbocycles.